The first-order valence-electron chi connectivity index (χ1n) is 14.3. The average molecular weight is 648 g/mol. The molecule has 1 aliphatic heterocycles. The monoisotopic (exact) mass is 647 g/mol. The second-order valence-corrected chi connectivity index (χ2v) is 10.9. The molecule has 1 saturated heterocycles. The molecule has 244 valence electrons. The van der Waals surface area contributed by atoms with E-state index in [1.165, 1.54) is 0 Å². The lowest BCUT2D eigenvalue weighted by Crippen LogP contribution is -2.39. The fourth-order valence-corrected chi connectivity index (χ4v) is 5.77. The van der Waals surface area contributed by atoms with Crippen LogP contribution in [0.25, 0.3) is 11.2 Å². The maximum absolute atomic E-state index is 15.2. The van der Waals surface area contributed by atoms with Gasteiger partial charge in [0.25, 0.3) is 0 Å². The lowest BCUT2D eigenvalue weighted by molar-refractivity contribution is -0.138. The van der Waals surface area contributed by atoms with Crippen molar-refractivity contribution in [1.29, 1.82) is 0 Å². The lowest BCUT2D eigenvalue weighted by atomic mass is 9.76. The van der Waals surface area contributed by atoms with E-state index < -0.39 is 42.4 Å². The maximum Gasteiger partial charge on any atom is 0.320 e. The Balaban J connectivity index is 1.59. The van der Waals surface area contributed by atoms with Gasteiger partial charge in [-0.15, -0.1) is 0 Å². The van der Waals surface area contributed by atoms with Crippen molar-refractivity contribution in [1.82, 2.24) is 19.5 Å². The Morgan fingerprint density at radius 3 is 1.98 bits per heavy atom. The normalized spacial score (nSPS) is 19.1. The van der Waals surface area contributed by atoms with Crippen LogP contribution in [0.1, 0.15) is 33.3 Å². The number of nitrogens with two attached hydrogens (primary N) is 2. The van der Waals surface area contributed by atoms with Crippen molar-refractivity contribution in [2.45, 2.75) is 29.9 Å². The van der Waals surface area contributed by atoms with E-state index in [0.717, 1.165) is 10.9 Å². The predicted molar refractivity (Wildman–Crippen MR) is 166 cm³/mol. The number of nitrogen functional groups attached to an aromatic ring is 1. The highest BCUT2D eigenvalue weighted by molar-refractivity contribution is 5.93. The number of benzene rings is 3. The largest absolute Gasteiger partial charge is 0.497 e. The Kier molecular flexibility index (Phi) is 8.13. The van der Waals surface area contributed by atoms with Crippen LogP contribution in [-0.2, 0) is 10.3 Å². The molecule has 0 spiro atoms. The number of methoxy groups -OCH3 is 2. The molecule has 3 heterocycles. The summed E-state index contributed by atoms with van der Waals surface area (Å²) in [5.74, 6) is -3.43. The standard InChI is InChI=1S/C32H31F2N7O6/c1-45-21-11-7-19(8-12-21)31(20-9-13-22(46-2)14-10-20,18-5-3-17(4-6-18)26(35)44)40-27-24-28(39-30(36)38-27)41(16-37-24)29-32(33,34)25(43)23(15-42)47-29/h3-14,16,23,25,29,42-43H,15H2,1-2H3,(H2,35,44)(H3,36,38,39,40)/t23-,25-,29-/m1/s1. The van der Waals surface area contributed by atoms with Crippen LogP contribution in [0, 0.1) is 0 Å². The molecule has 7 N–H and O–H groups in total. The summed E-state index contributed by atoms with van der Waals surface area (Å²) in [5.41, 5.74) is 12.6. The number of nitrogens with zero attached hydrogens (tertiary/aromatic N) is 4. The van der Waals surface area contributed by atoms with Crippen molar-refractivity contribution in [3.8, 4) is 11.5 Å². The molecular weight excluding hydrogens is 616 g/mol. The van der Waals surface area contributed by atoms with Gasteiger partial charge in [0.1, 0.15) is 23.1 Å². The van der Waals surface area contributed by atoms with E-state index in [9.17, 15) is 15.0 Å². The van der Waals surface area contributed by atoms with Crippen LogP contribution in [0.15, 0.2) is 79.1 Å². The molecule has 3 aromatic carbocycles. The molecule has 15 heteroatoms. The Labute approximate surface area is 266 Å². The molecule has 1 aliphatic rings. The zero-order valence-corrected chi connectivity index (χ0v) is 25.2. The molecule has 0 unspecified atom stereocenters. The molecule has 47 heavy (non-hydrogen) atoms. The third-order valence-electron chi connectivity index (χ3n) is 8.21. The van der Waals surface area contributed by atoms with E-state index in [2.05, 4.69) is 20.3 Å². The fourth-order valence-electron chi connectivity index (χ4n) is 5.77. The number of amides is 1. The van der Waals surface area contributed by atoms with E-state index in [1.807, 2.05) is 24.3 Å². The van der Waals surface area contributed by atoms with Gasteiger partial charge in [0, 0.05) is 5.56 Å². The van der Waals surface area contributed by atoms with Crippen LogP contribution in [0.4, 0.5) is 20.5 Å². The Bertz CT molecular complexity index is 1860. The minimum absolute atomic E-state index is 0.0562. The number of hydrogen-bond donors (Lipinski definition) is 5. The molecule has 3 atom stereocenters. The number of hydrogen-bond acceptors (Lipinski definition) is 11. The van der Waals surface area contributed by atoms with Gasteiger partial charge in [0.15, 0.2) is 23.1 Å². The number of aliphatic hydroxyl groups is 2. The van der Waals surface area contributed by atoms with Gasteiger partial charge in [-0.1, -0.05) is 36.4 Å². The smallest absolute Gasteiger partial charge is 0.320 e. The van der Waals surface area contributed by atoms with Crippen molar-refractivity contribution in [2.75, 3.05) is 31.9 Å². The summed E-state index contributed by atoms with van der Waals surface area (Å²) in [5, 5.41) is 23.1. The third-order valence-corrected chi connectivity index (χ3v) is 8.21. The van der Waals surface area contributed by atoms with Gasteiger partial charge >= 0.3 is 5.92 Å². The third kappa shape index (κ3) is 5.33. The zero-order chi connectivity index (χ0) is 33.5. The number of rotatable bonds is 10. The second kappa shape index (κ2) is 12.1. The first-order chi connectivity index (χ1) is 22.5. The summed E-state index contributed by atoms with van der Waals surface area (Å²) in [7, 11) is 3.09. The first-order valence-corrected chi connectivity index (χ1v) is 14.3. The van der Waals surface area contributed by atoms with Crippen molar-refractivity contribution in [3.63, 3.8) is 0 Å². The number of aromatic nitrogens is 4. The highest BCUT2D eigenvalue weighted by atomic mass is 19.3. The van der Waals surface area contributed by atoms with Crippen LogP contribution < -0.4 is 26.3 Å². The fraction of sp³-hybridized carbons (Fsp3) is 0.250. The lowest BCUT2D eigenvalue weighted by Gasteiger charge is -2.37. The van der Waals surface area contributed by atoms with E-state index in [-0.39, 0.29) is 28.5 Å². The summed E-state index contributed by atoms with van der Waals surface area (Å²) in [6.45, 7) is -0.829. The summed E-state index contributed by atoms with van der Waals surface area (Å²) in [6, 6.07) is 21.1. The van der Waals surface area contributed by atoms with Gasteiger partial charge in [0.05, 0.1) is 27.2 Å². The van der Waals surface area contributed by atoms with Gasteiger partial charge < -0.3 is 41.2 Å². The first kappa shape index (κ1) is 31.6. The molecule has 1 fully saturated rings. The van der Waals surface area contributed by atoms with E-state index in [0.29, 0.717) is 28.2 Å². The molecule has 13 nitrogen and oxygen atoms in total. The number of primary amides is 1. The van der Waals surface area contributed by atoms with Crippen molar-refractivity contribution in [3.05, 3.63) is 101 Å². The number of alkyl halides is 2. The predicted octanol–water partition coefficient (Wildman–Crippen LogP) is 2.81. The minimum atomic E-state index is -3.80. The Morgan fingerprint density at radius 2 is 1.51 bits per heavy atom. The van der Waals surface area contributed by atoms with Crippen molar-refractivity contribution >= 4 is 28.8 Å². The molecule has 0 saturated carbocycles. The highest BCUT2D eigenvalue weighted by Gasteiger charge is 2.59. The van der Waals surface area contributed by atoms with Gasteiger partial charge in [-0.3, -0.25) is 9.36 Å². The number of fused-ring (bicyclic) bond motifs is 1. The quantitative estimate of drug-likeness (QED) is 0.140. The number of imidazole rings is 1. The minimum Gasteiger partial charge on any atom is -0.497 e. The number of aliphatic hydroxyl groups excluding tert-OH is 2. The van der Waals surface area contributed by atoms with Gasteiger partial charge in [-0.2, -0.15) is 18.7 Å². The van der Waals surface area contributed by atoms with Gasteiger partial charge in [0.2, 0.25) is 18.1 Å². The van der Waals surface area contributed by atoms with Crippen molar-refractivity contribution in [2.24, 2.45) is 5.73 Å². The van der Waals surface area contributed by atoms with Crippen molar-refractivity contribution < 1.29 is 38.0 Å². The molecule has 0 bridgehead atoms. The highest BCUT2D eigenvalue weighted by Crippen LogP contribution is 2.45. The number of nitrogens with one attached hydrogen (secondary N) is 1. The van der Waals surface area contributed by atoms with Crippen LogP contribution in [0.2, 0.25) is 0 Å². The Morgan fingerprint density at radius 1 is 0.979 bits per heavy atom. The number of ether oxygens (including phenoxy) is 3. The van der Waals surface area contributed by atoms with Gasteiger partial charge in [-0.25, -0.2) is 4.98 Å². The summed E-state index contributed by atoms with van der Waals surface area (Å²) >= 11 is 0. The van der Waals surface area contributed by atoms with E-state index in [1.54, 1.807) is 62.8 Å². The van der Waals surface area contributed by atoms with E-state index >= 15 is 8.78 Å². The molecule has 2 aromatic heterocycles. The molecule has 5 aromatic rings. The number of anilines is 2. The molecule has 0 aliphatic carbocycles. The number of carbonyl (C=O) groups is 1. The van der Waals surface area contributed by atoms with Crippen LogP contribution >= 0.6 is 0 Å². The summed E-state index contributed by atoms with van der Waals surface area (Å²) in [6.07, 6.45) is -4.77. The maximum atomic E-state index is 15.2. The molecular formula is C32H31F2N7O6. The number of halogens is 2. The molecule has 1 amide bonds. The zero-order valence-electron chi connectivity index (χ0n) is 25.2. The summed E-state index contributed by atoms with van der Waals surface area (Å²) in [4.78, 5) is 25.0. The molecule has 6 rings (SSSR count). The SMILES string of the molecule is COc1ccc(C(Nc2nc(N)nc3c2ncn3[C@@H]2O[C@H](CO)[C@@H](O)C2(F)F)(c2ccc(OC)cc2)c2ccc(C(N)=O)cc2)cc1. The Hall–Kier alpha value is -5.38. The van der Waals surface area contributed by atoms with Crippen LogP contribution in [-0.4, -0.2) is 74.6 Å². The molecule has 0 radical (unpaired) electrons. The summed E-state index contributed by atoms with van der Waals surface area (Å²) < 4.78 is 47.5. The van der Waals surface area contributed by atoms with Gasteiger partial charge in [-0.05, 0) is 53.1 Å². The average Bonchev–Trinajstić information content (AvgIpc) is 3.60. The second-order valence-electron chi connectivity index (χ2n) is 10.9. The van der Waals surface area contributed by atoms with Crippen LogP contribution in [0.5, 0.6) is 11.5 Å². The topological polar surface area (TPSA) is 193 Å². The van der Waals surface area contributed by atoms with E-state index in [4.69, 9.17) is 25.7 Å². The number of carbonyl (C=O) groups excluding carboxylic acids is 1. The van der Waals surface area contributed by atoms with Crippen LogP contribution in [0.3, 0.4) is 0 Å².